The van der Waals surface area contributed by atoms with Crippen molar-refractivity contribution < 1.29 is 0 Å². The Morgan fingerprint density at radius 1 is 1.78 bits per heavy atom. The molecule has 1 heterocycles. The van der Waals surface area contributed by atoms with Crippen molar-refractivity contribution in [2.24, 2.45) is 0 Å². The molecule has 0 aliphatic carbocycles. The molecular formula is C4H8N4S. The third-order valence-electron chi connectivity index (χ3n) is 0.979. The van der Waals surface area contributed by atoms with Gasteiger partial charge >= 0.3 is 0 Å². The summed E-state index contributed by atoms with van der Waals surface area (Å²) in [5.41, 5.74) is 0. The zero-order valence-corrected chi connectivity index (χ0v) is 5.98. The molecule has 0 atom stereocenters. The first-order valence-electron chi connectivity index (χ1n) is 2.82. The molecule has 5 heteroatoms. The van der Waals surface area contributed by atoms with Crippen LogP contribution in [0.1, 0.15) is 13.3 Å². The van der Waals surface area contributed by atoms with Crippen LogP contribution in [0.25, 0.3) is 0 Å². The van der Waals surface area contributed by atoms with Crippen molar-refractivity contribution in [2.45, 2.75) is 19.9 Å². The predicted molar refractivity (Wildman–Crippen MR) is 35.5 cm³/mol. The first-order valence-corrected chi connectivity index (χ1v) is 3.23. The number of aromatic nitrogens is 4. The van der Waals surface area contributed by atoms with Gasteiger partial charge in [-0.2, -0.15) is 5.21 Å². The van der Waals surface area contributed by atoms with Crippen molar-refractivity contribution >= 4 is 12.2 Å². The highest BCUT2D eigenvalue weighted by Gasteiger charge is 1.89. The summed E-state index contributed by atoms with van der Waals surface area (Å²) < 4.78 is 2.26. The lowest BCUT2D eigenvalue weighted by atomic mass is 10.5. The first-order chi connectivity index (χ1) is 4.34. The van der Waals surface area contributed by atoms with Crippen molar-refractivity contribution in [1.29, 1.82) is 0 Å². The lowest BCUT2D eigenvalue weighted by Gasteiger charge is -1.92. The zero-order valence-electron chi connectivity index (χ0n) is 5.16. The van der Waals surface area contributed by atoms with E-state index in [1.54, 1.807) is 4.68 Å². The fourth-order valence-electron chi connectivity index (χ4n) is 0.585. The molecule has 0 spiro atoms. The van der Waals surface area contributed by atoms with Crippen LogP contribution in [-0.2, 0) is 6.54 Å². The number of hydrogen-bond donors (Lipinski definition) is 1. The summed E-state index contributed by atoms with van der Waals surface area (Å²) in [7, 11) is 0. The van der Waals surface area contributed by atoms with Crippen LogP contribution in [0.4, 0.5) is 0 Å². The van der Waals surface area contributed by atoms with Crippen LogP contribution < -0.4 is 0 Å². The maximum absolute atomic E-state index is 4.81. The Morgan fingerprint density at radius 3 is 3.00 bits per heavy atom. The van der Waals surface area contributed by atoms with E-state index in [0.717, 1.165) is 13.0 Å². The van der Waals surface area contributed by atoms with Crippen LogP contribution in [0.2, 0.25) is 0 Å². The molecule has 0 amide bonds. The molecule has 0 radical (unpaired) electrons. The highest BCUT2D eigenvalue weighted by Crippen LogP contribution is 1.85. The molecule has 1 N–H and O–H groups in total. The molecule has 0 unspecified atom stereocenters. The van der Waals surface area contributed by atoms with Gasteiger partial charge in [-0.3, -0.25) is 0 Å². The number of nitrogens with zero attached hydrogens (tertiary/aromatic N) is 3. The van der Waals surface area contributed by atoms with Crippen LogP contribution >= 0.6 is 12.2 Å². The summed E-state index contributed by atoms with van der Waals surface area (Å²) >= 11 is 4.81. The van der Waals surface area contributed by atoms with Gasteiger partial charge in [0.1, 0.15) is 0 Å². The van der Waals surface area contributed by atoms with Crippen molar-refractivity contribution in [3.8, 4) is 0 Å². The van der Waals surface area contributed by atoms with Gasteiger partial charge in [0.2, 0.25) is 4.77 Å². The summed E-state index contributed by atoms with van der Waals surface area (Å²) in [5, 5.41) is 9.79. The van der Waals surface area contributed by atoms with Gasteiger partial charge < -0.3 is 0 Å². The summed E-state index contributed by atoms with van der Waals surface area (Å²) in [4.78, 5) is 0. The van der Waals surface area contributed by atoms with Gasteiger partial charge in [0.25, 0.3) is 0 Å². The quantitative estimate of drug-likeness (QED) is 0.623. The second-order valence-electron chi connectivity index (χ2n) is 1.73. The summed E-state index contributed by atoms with van der Waals surface area (Å²) in [6.07, 6.45) is 1.04. The van der Waals surface area contributed by atoms with E-state index in [9.17, 15) is 0 Å². The van der Waals surface area contributed by atoms with Crippen LogP contribution in [-0.4, -0.2) is 20.2 Å². The summed E-state index contributed by atoms with van der Waals surface area (Å²) in [6, 6.07) is 0. The average Bonchev–Trinajstić information content (AvgIpc) is 2.18. The Labute approximate surface area is 57.9 Å². The highest BCUT2D eigenvalue weighted by atomic mass is 32.1. The Kier molecular flexibility index (Phi) is 1.94. The number of H-pyrrole nitrogens is 1. The monoisotopic (exact) mass is 144 g/mol. The van der Waals surface area contributed by atoms with Gasteiger partial charge in [-0.1, -0.05) is 17.2 Å². The molecule has 1 aromatic rings. The molecule has 0 aliphatic rings. The van der Waals surface area contributed by atoms with Crippen molar-refractivity contribution in [2.75, 3.05) is 0 Å². The number of hydrogen-bond acceptors (Lipinski definition) is 3. The molecule has 0 saturated carbocycles. The molecule has 0 aliphatic heterocycles. The van der Waals surface area contributed by atoms with Crippen molar-refractivity contribution in [3.05, 3.63) is 4.77 Å². The van der Waals surface area contributed by atoms with Gasteiger partial charge in [0.05, 0.1) is 0 Å². The van der Waals surface area contributed by atoms with Gasteiger partial charge in [-0.25, -0.2) is 4.68 Å². The van der Waals surface area contributed by atoms with Crippen molar-refractivity contribution in [1.82, 2.24) is 20.2 Å². The Bertz CT molecular complexity index is 224. The SMILES string of the molecule is CCCn1[nH]nnc1=S. The largest absolute Gasteiger partial charge is 0.242 e. The number of aromatic amines is 1. The fraction of sp³-hybridized carbons (Fsp3) is 0.750. The molecular weight excluding hydrogens is 136 g/mol. The number of tetrazole rings is 1. The van der Waals surface area contributed by atoms with Crippen LogP contribution in [0.5, 0.6) is 0 Å². The van der Waals surface area contributed by atoms with E-state index in [4.69, 9.17) is 12.2 Å². The Morgan fingerprint density at radius 2 is 2.56 bits per heavy atom. The molecule has 0 saturated heterocycles. The minimum atomic E-state index is 0.525. The number of rotatable bonds is 2. The van der Waals surface area contributed by atoms with Gasteiger partial charge in [0.15, 0.2) is 0 Å². The molecule has 4 nitrogen and oxygen atoms in total. The van der Waals surface area contributed by atoms with Crippen LogP contribution in [0, 0.1) is 4.77 Å². The smallest absolute Gasteiger partial charge is 0.238 e. The van der Waals surface area contributed by atoms with Gasteiger partial charge in [-0.05, 0) is 18.6 Å². The third-order valence-corrected chi connectivity index (χ3v) is 1.28. The number of aryl methyl sites for hydroxylation is 1. The predicted octanol–water partition coefficient (Wildman–Crippen LogP) is 0.746. The molecule has 0 fully saturated rings. The zero-order chi connectivity index (χ0) is 6.69. The average molecular weight is 144 g/mol. The molecule has 50 valence electrons. The second kappa shape index (κ2) is 2.72. The van der Waals surface area contributed by atoms with Gasteiger partial charge in [0, 0.05) is 6.54 Å². The Balaban J connectivity index is 2.81. The van der Waals surface area contributed by atoms with Crippen molar-refractivity contribution in [3.63, 3.8) is 0 Å². The normalized spacial score (nSPS) is 9.89. The Hall–Kier alpha value is -0.710. The van der Waals surface area contributed by atoms with E-state index in [0.29, 0.717) is 4.77 Å². The highest BCUT2D eigenvalue weighted by molar-refractivity contribution is 7.71. The topological polar surface area (TPSA) is 46.5 Å². The van der Waals surface area contributed by atoms with Gasteiger partial charge in [-0.15, -0.1) is 0 Å². The van der Waals surface area contributed by atoms with E-state index in [1.807, 2.05) is 0 Å². The van der Waals surface area contributed by atoms with E-state index >= 15 is 0 Å². The van der Waals surface area contributed by atoms with Crippen LogP contribution in [0.3, 0.4) is 0 Å². The second-order valence-corrected chi connectivity index (χ2v) is 2.10. The molecule has 0 aromatic carbocycles. The lowest BCUT2D eigenvalue weighted by molar-refractivity contribution is 0.573. The molecule has 9 heavy (non-hydrogen) atoms. The fourth-order valence-corrected chi connectivity index (χ4v) is 0.758. The maximum Gasteiger partial charge on any atom is 0.238 e. The maximum atomic E-state index is 4.81. The summed E-state index contributed by atoms with van der Waals surface area (Å²) in [6.45, 7) is 2.94. The standard InChI is InChI=1S/C4H8N4S/c1-2-3-8-4(9)5-6-7-8/h2-3H2,1H3,(H,5,7,9). The van der Waals surface area contributed by atoms with Crippen LogP contribution in [0.15, 0.2) is 0 Å². The number of nitrogens with one attached hydrogen (secondary N) is 1. The minimum Gasteiger partial charge on any atom is -0.242 e. The summed E-state index contributed by atoms with van der Waals surface area (Å²) in [5.74, 6) is 0. The van der Waals surface area contributed by atoms with E-state index < -0.39 is 0 Å². The van der Waals surface area contributed by atoms with E-state index in [2.05, 4.69) is 22.4 Å². The molecule has 1 aromatic heterocycles. The third kappa shape index (κ3) is 1.35. The minimum absolute atomic E-state index is 0.525. The molecule has 0 bridgehead atoms. The van der Waals surface area contributed by atoms with E-state index in [1.165, 1.54) is 0 Å². The molecule has 1 rings (SSSR count). The first kappa shape index (κ1) is 6.41. The van der Waals surface area contributed by atoms with E-state index in [-0.39, 0.29) is 0 Å². The lowest BCUT2D eigenvalue weighted by Crippen LogP contribution is -1.98.